The van der Waals surface area contributed by atoms with Crippen molar-refractivity contribution in [2.24, 2.45) is 0 Å². The summed E-state index contributed by atoms with van der Waals surface area (Å²) in [6.07, 6.45) is 5.29. The van der Waals surface area contributed by atoms with Crippen LogP contribution in [-0.2, 0) is 19.4 Å². The minimum Gasteiger partial charge on any atom is -0.308 e. The van der Waals surface area contributed by atoms with Gasteiger partial charge < -0.3 is 5.32 Å². The van der Waals surface area contributed by atoms with Gasteiger partial charge in [-0.05, 0) is 48.6 Å². The first-order valence-electron chi connectivity index (χ1n) is 6.30. The van der Waals surface area contributed by atoms with Crippen LogP contribution in [0.15, 0.2) is 34.9 Å². The van der Waals surface area contributed by atoms with E-state index in [9.17, 15) is 0 Å². The number of aromatic nitrogens is 2. The van der Waals surface area contributed by atoms with Gasteiger partial charge in [0.15, 0.2) is 0 Å². The third kappa shape index (κ3) is 2.65. The molecule has 2 aromatic rings. The standard InChI is InChI=1S/C14H16BrN3/c15-12-3-1-11-8-13(4-2-10(11)7-12)16-9-14-5-6-17-18-14/h1,3,5-7,13,16H,2,4,8-9H2,(H,17,18). The molecule has 0 bridgehead atoms. The molecule has 1 aromatic heterocycles. The highest BCUT2D eigenvalue weighted by atomic mass is 79.9. The second-order valence-electron chi connectivity index (χ2n) is 4.82. The van der Waals surface area contributed by atoms with Gasteiger partial charge in [0.2, 0.25) is 0 Å². The molecule has 0 saturated carbocycles. The molecule has 1 atom stereocenters. The Labute approximate surface area is 115 Å². The predicted molar refractivity (Wildman–Crippen MR) is 75.4 cm³/mol. The fourth-order valence-corrected chi connectivity index (χ4v) is 2.94. The topological polar surface area (TPSA) is 40.7 Å². The number of H-pyrrole nitrogens is 1. The molecule has 1 unspecified atom stereocenters. The fraction of sp³-hybridized carbons (Fsp3) is 0.357. The lowest BCUT2D eigenvalue weighted by Gasteiger charge is -2.25. The molecule has 0 fully saturated rings. The van der Waals surface area contributed by atoms with Crippen LogP contribution in [0.25, 0.3) is 0 Å². The van der Waals surface area contributed by atoms with E-state index >= 15 is 0 Å². The third-order valence-electron chi connectivity index (χ3n) is 3.54. The number of nitrogens with zero attached hydrogens (tertiary/aromatic N) is 1. The first kappa shape index (κ1) is 11.9. The van der Waals surface area contributed by atoms with Crippen LogP contribution in [-0.4, -0.2) is 16.2 Å². The van der Waals surface area contributed by atoms with Gasteiger partial charge in [-0.25, -0.2) is 0 Å². The lowest BCUT2D eigenvalue weighted by Crippen LogP contribution is -2.34. The van der Waals surface area contributed by atoms with Crippen LogP contribution in [0.5, 0.6) is 0 Å². The molecule has 0 spiro atoms. The van der Waals surface area contributed by atoms with E-state index in [0.717, 1.165) is 25.1 Å². The van der Waals surface area contributed by atoms with Crippen molar-refractivity contribution in [1.82, 2.24) is 15.5 Å². The van der Waals surface area contributed by atoms with Crippen molar-refractivity contribution in [3.63, 3.8) is 0 Å². The third-order valence-corrected chi connectivity index (χ3v) is 4.03. The van der Waals surface area contributed by atoms with Crippen LogP contribution in [0.2, 0.25) is 0 Å². The smallest absolute Gasteiger partial charge is 0.0490 e. The number of hydrogen-bond acceptors (Lipinski definition) is 2. The summed E-state index contributed by atoms with van der Waals surface area (Å²) in [7, 11) is 0. The summed E-state index contributed by atoms with van der Waals surface area (Å²) in [5, 5.41) is 10.5. The molecular weight excluding hydrogens is 290 g/mol. The van der Waals surface area contributed by atoms with Crippen LogP contribution >= 0.6 is 15.9 Å². The zero-order chi connectivity index (χ0) is 12.4. The van der Waals surface area contributed by atoms with E-state index in [-0.39, 0.29) is 0 Å². The molecular formula is C14H16BrN3. The van der Waals surface area contributed by atoms with E-state index in [1.54, 1.807) is 6.20 Å². The van der Waals surface area contributed by atoms with Crippen LogP contribution in [0.4, 0.5) is 0 Å². The largest absolute Gasteiger partial charge is 0.308 e. The highest BCUT2D eigenvalue weighted by Crippen LogP contribution is 2.24. The van der Waals surface area contributed by atoms with E-state index in [2.05, 4.69) is 49.6 Å². The number of halogens is 1. The van der Waals surface area contributed by atoms with Gasteiger partial charge in [-0.3, -0.25) is 5.10 Å². The molecule has 2 N–H and O–H groups in total. The minimum absolute atomic E-state index is 0.571. The average Bonchev–Trinajstić information content (AvgIpc) is 2.89. The summed E-state index contributed by atoms with van der Waals surface area (Å²) >= 11 is 3.54. The van der Waals surface area contributed by atoms with Gasteiger partial charge in [0.25, 0.3) is 0 Å². The van der Waals surface area contributed by atoms with E-state index in [1.165, 1.54) is 22.0 Å². The van der Waals surface area contributed by atoms with Crippen molar-refractivity contribution in [2.45, 2.75) is 31.8 Å². The first-order chi connectivity index (χ1) is 8.81. The molecule has 0 aliphatic heterocycles. The molecule has 1 aromatic carbocycles. The molecule has 1 heterocycles. The molecule has 3 nitrogen and oxygen atoms in total. The van der Waals surface area contributed by atoms with Gasteiger partial charge in [0.1, 0.15) is 0 Å². The van der Waals surface area contributed by atoms with Crippen LogP contribution in [0.3, 0.4) is 0 Å². The number of aromatic amines is 1. The fourth-order valence-electron chi connectivity index (χ4n) is 2.54. The van der Waals surface area contributed by atoms with E-state index in [0.29, 0.717) is 6.04 Å². The summed E-state index contributed by atoms with van der Waals surface area (Å²) in [6.45, 7) is 0.872. The Kier molecular flexibility index (Phi) is 3.48. The van der Waals surface area contributed by atoms with E-state index < -0.39 is 0 Å². The van der Waals surface area contributed by atoms with Crippen LogP contribution < -0.4 is 5.32 Å². The molecule has 18 heavy (non-hydrogen) atoms. The Morgan fingerprint density at radius 1 is 1.33 bits per heavy atom. The quantitative estimate of drug-likeness (QED) is 0.915. The normalized spacial score (nSPS) is 18.6. The Morgan fingerprint density at radius 3 is 3.11 bits per heavy atom. The summed E-state index contributed by atoms with van der Waals surface area (Å²) in [5.74, 6) is 0. The van der Waals surface area contributed by atoms with Gasteiger partial charge in [-0.2, -0.15) is 5.10 Å². The van der Waals surface area contributed by atoms with Gasteiger partial charge in [-0.15, -0.1) is 0 Å². The Bertz CT molecular complexity index is 522. The highest BCUT2D eigenvalue weighted by Gasteiger charge is 2.18. The summed E-state index contributed by atoms with van der Waals surface area (Å²) < 4.78 is 1.19. The monoisotopic (exact) mass is 305 g/mol. The Morgan fingerprint density at radius 2 is 2.28 bits per heavy atom. The van der Waals surface area contributed by atoms with Crippen LogP contribution in [0, 0.1) is 0 Å². The molecule has 0 saturated heterocycles. The van der Waals surface area contributed by atoms with Crippen LogP contribution in [0.1, 0.15) is 23.2 Å². The number of aryl methyl sites for hydroxylation is 1. The van der Waals surface area contributed by atoms with Gasteiger partial charge >= 0.3 is 0 Å². The number of hydrogen-bond donors (Lipinski definition) is 2. The van der Waals surface area contributed by atoms with Crippen molar-refractivity contribution < 1.29 is 0 Å². The molecule has 1 aliphatic carbocycles. The molecule has 0 amide bonds. The molecule has 3 rings (SSSR count). The van der Waals surface area contributed by atoms with Gasteiger partial charge in [-0.1, -0.05) is 22.0 Å². The van der Waals surface area contributed by atoms with Crippen molar-refractivity contribution >= 4 is 15.9 Å². The molecule has 0 radical (unpaired) electrons. The maximum absolute atomic E-state index is 3.96. The highest BCUT2D eigenvalue weighted by molar-refractivity contribution is 9.10. The summed E-state index contributed by atoms with van der Waals surface area (Å²) in [6, 6.07) is 9.21. The lowest BCUT2D eigenvalue weighted by atomic mass is 9.88. The second kappa shape index (κ2) is 5.24. The first-order valence-corrected chi connectivity index (χ1v) is 7.09. The Hall–Kier alpha value is -1.13. The minimum atomic E-state index is 0.571. The molecule has 94 valence electrons. The predicted octanol–water partition coefficient (Wildman–Crippen LogP) is 2.82. The molecule has 1 aliphatic rings. The summed E-state index contributed by atoms with van der Waals surface area (Å²) in [4.78, 5) is 0. The Balaban J connectivity index is 1.62. The zero-order valence-corrected chi connectivity index (χ0v) is 11.7. The lowest BCUT2D eigenvalue weighted by molar-refractivity contribution is 0.454. The van der Waals surface area contributed by atoms with Crippen molar-refractivity contribution in [3.8, 4) is 0 Å². The van der Waals surface area contributed by atoms with Crippen molar-refractivity contribution in [3.05, 3.63) is 51.8 Å². The maximum Gasteiger partial charge on any atom is 0.0490 e. The van der Waals surface area contributed by atoms with E-state index in [1.807, 2.05) is 6.07 Å². The van der Waals surface area contributed by atoms with Crippen molar-refractivity contribution in [2.75, 3.05) is 0 Å². The SMILES string of the molecule is Brc1ccc2c(c1)CCC(NCc1ccn[nH]1)C2. The number of fused-ring (bicyclic) bond motifs is 1. The maximum atomic E-state index is 3.96. The number of nitrogens with one attached hydrogen (secondary N) is 2. The summed E-state index contributed by atoms with van der Waals surface area (Å²) in [5.41, 5.74) is 4.12. The van der Waals surface area contributed by atoms with Gasteiger partial charge in [0.05, 0.1) is 0 Å². The average molecular weight is 306 g/mol. The molecule has 4 heteroatoms. The van der Waals surface area contributed by atoms with Gasteiger partial charge in [0, 0.05) is 29.0 Å². The van der Waals surface area contributed by atoms with E-state index in [4.69, 9.17) is 0 Å². The number of rotatable bonds is 3. The second-order valence-corrected chi connectivity index (χ2v) is 5.73. The number of benzene rings is 1. The van der Waals surface area contributed by atoms with Crippen molar-refractivity contribution in [1.29, 1.82) is 0 Å². The zero-order valence-electron chi connectivity index (χ0n) is 10.1.